The summed E-state index contributed by atoms with van der Waals surface area (Å²) in [6.07, 6.45) is 3.65. The van der Waals surface area contributed by atoms with E-state index >= 15 is 0 Å². The molecule has 0 radical (unpaired) electrons. The van der Waals surface area contributed by atoms with Crippen molar-refractivity contribution in [3.8, 4) is 0 Å². The fraction of sp³-hybridized carbons (Fsp3) is 0.118. The fourth-order valence-electron chi connectivity index (χ4n) is 2.19. The molecule has 0 atom stereocenters. The van der Waals surface area contributed by atoms with Gasteiger partial charge >= 0.3 is 0 Å². The number of pyridine rings is 1. The van der Waals surface area contributed by atoms with Crippen LogP contribution in [0.4, 0.5) is 5.69 Å². The molecular weight excluding hydrogens is 276 g/mol. The van der Waals surface area contributed by atoms with E-state index in [9.17, 15) is 4.79 Å². The number of nitrogens with one attached hydrogen (secondary N) is 1. The largest absolute Gasteiger partial charge is 0.321 e. The summed E-state index contributed by atoms with van der Waals surface area (Å²) in [6.45, 7) is 2.53. The average Bonchev–Trinajstić information content (AvgIpc) is 3.00. The minimum atomic E-state index is -0.208. The van der Waals surface area contributed by atoms with Crippen molar-refractivity contribution in [2.24, 2.45) is 0 Å². The van der Waals surface area contributed by atoms with Crippen molar-refractivity contribution in [2.45, 2.75) is 13.5 Å². The molecule has 3 aromatic rings. The van der Waals surface area contributed by atoms with Crippen LogP contribution < -0.4 is 5.32 Å². The number of hydrogen-bond acceptors (Lipinski definition) is 3. The highest BCUT2D eigenvalue weighted by atomic mass is 16.1. The van der Waals surface area contributed by atoms with E-state index in [1.165, 1.54) is 0 Å². The third kappa shape index (κ3) is 3.38. The van der Waals surface area contributed by atoms with Gasteiger partial charge in [-0.3, -0.25) is 9.48 Å². The molecule has 2 aromatic heterocycles. The third-order valence-electron chi connectivity index (χ3n) is 3.21. The van der Waals surface area contributed by atoms with Gasteiger partial charge in [-0.15, -0.1) is 0 Å². The van der Waals surface area contributed by atoms with Crippen LogP contribution in [0.25, 0.3) is 0 Å². The molecule has 0 aliphatic carbocycles. The summed E-state index contributed by atoms with van der Waals surface area (Å²) in [5, 5.41) is 7.05. The molecular formula is C17H16N4O. The van der Waals surface area contributed by atoms with Gasteiger partial charge in [-0.2, -0.15) is 5.10 Å². The van der Waals surface area contributed by atoms with Crippen LogP contribution >= 0.6 is 0 Å². The van der Waals surface area contributed by atoms with Crippen LogP contribution in [-0.4, -0.2) is 20.7 Å². The molecule has 0 unspecified atom stereocenters. The Labute approximate surface area is 128 Å². The first-order valence-corrected chi connectivity index (χ1v) is 7.02. The molecule has 0 bridgehead atoms. The van der Waals surface area contributed by atoms with Gasteiger partial charge in [0.25, 0.3) is 5.91 Å². The van der Waals surface area contributed by atoms with Crippen LogP contribution in [0.5, 0.6) is 0 Å². The summed E-state index contributed by atoms with van der Waals surface area (Å²) in [7, 11) is 0. The van der Waals surface area contributed by atoms with Gasteiger partial charge < -0.3 is 5.32 Å². The number of aryl methyl sites for hydroxylation is 1. The monoisotopic (exact) mass is 292 g/mol. The molecule has 0 aliphatic rings. The van der Waals surface area contributed by atoms with E-state index in [-0.39, 0.29) is 5.91 Å². The first kappa shape index (κ1) is 14.0. The number of benzene rings is 1. The van der Waals surface area contributed by atoms with Crippen LogP contribution in [-0.2, 0) is 6.54 Å². The zero-order valence-electron chi connectivity index (χ0n) is 12.2. The third-order valence-corrected chi connectivity index (χ3v) is 3.21. The highest BCUT2D eigenvalue weighted by Crippen LogP contribution is 2.13. The molecule has 5 heteroatoms. The number of nitrogens with zero attached hydrogens (tertiary/aromatic N) is 3. The second-order valence-electron chi connectivity index (χ2n) is 5.02. The number of carbonyl (C=O) groups is 1. The topological polar surface area (TPSA) is 59.8 Å². The Balaban J connectivity index is 1.74. The molecule has 1 amide bonds. The van der Waals surface area contributed by atoms with E-state index in [1.54, 1.807) is 12.3 Å². The zero-order chi connectivity index (χ0) is 15.4. The van der Waals surface area contributed by atoms with Gasteiger partial charge in [0.05, 0.1) is 6.54 Å². The number of rotatable bonds is 4. The van der Waals surface area contributed by atoms with Gasteiger partial charge in [-0.1, -0.05) is 18.2 Å². The van der Waals surface area contributed by atoms with E-state index < -0.39 is 0 Å². The number of aromatic nitrogens is 3. The molecule has 110 valence electrons. The highest BCUT2D eigenvalue weighted by molar-refractivity contribution is 6.02. The summed E-state index contributed by atoms with van der Waals surface area (Å²) in [5.74, 6) is -0.208. The van der Waals surface area contributed by atoms with E-state index in [2.05, 4.69) is 15.4 Å². The number of hydrogen-bond donors (Lipinski definition) is 1. The van der Waals surface area contributed by atoms with Crippen LogP contribution in [0.3, 0.4) is 0 Å². The maximum Gasteiger partial charge on any atom is 0.274 e. The summed E-state index contributed by atoms with van der Waals surface area (Å²) >= 11 is 0. The summed E-state index contributed by atoms with van der Waals surface area (Å²) in [4.78, 5) is 16.4. The maximum atomic E-state index is 12.2. The summed E-state index contributed by atoms with van der Waals surface area (Å²) < 4.78 is 1.84. The van der Waals surface area contributed by atoms with Gasteiger partial charge in [0.2, 0.25) is 0 Å². The van der Waals surface area contributed by atoms with Crippen molar-refractivity contribution in [1.82, 2.24) is 14.8 Å². The lowest BCUT2D eigenvalue weighted by molar-refractivity contribution is 0.102. The molecule has 0 aliphatic heterocycles. The van der Waals surface area contributed by atoms with Gasteiger partial charge in [0.1, 0.15) is 5.69 Å². The van der Waals surface area contributed by atoms with Crippen molar-refractivity contribution >= 4 is 11.6 Å². The molecule has 0 saturated heterocycles. The SMILES string of the molecule is Cc1cccc(C(=O)Nc2cccc(Cn3cccn3)c2)n1. The molecule has 2 heterocycles. The first-order valence-electron chi connectivity index (χ1n) is 7.02. The van der Waals surface area contributed by atoms with Crippen molar-refractivity contribution in [2.75, 3.05) is 5.32 Å². The quantitative estimate of drug-likeness (QED) is 0.804. The lowest BCUT2D eigenvalue weighted by atomic mass is 10.2. The predicted molar refractivity (Wildman–Crippen MR) is 84.7 cm³/mol. The Morgan fingerprint density at radius 2 is 2.05 bits per heavy atom. The predicted octanol–water partition coefficient (Wildman–Crippen LogP) is 2.89. The summed E-state index contributed by atoms with van der Waals surface area (Å²) in [6, 6.07) is 15.0. The molecule has 3 rings (SSSR count). The maximum absolute atomic E-state index is 12.2. The van der Waals surface area contributed by atoms with Crippen molar-refractivity contribution in [3.63, 3.8) is 0 Å². The normalized spacial score (nSPS) is 10.4. The van der Waals surface area contributed by atoms with Gasteiger partial charge in [-0.25, -0.2) is 4.98 Å². The lowest BCUT2D eigenvalue weighted by Crippen LogP contribution is -2.14. The van der Waals surface area contributed by atoms with E-state index in [1.807, 2.05) is 60.3 Å². The van der Waals surface area contributed by atoms with Crippen molar-refractivity contribution in [1.29, 1.82) is 0 Å². The van der Waals surface area contributed by atoms with Crippen LogP contribution in [0.2, 0.25) is 0 Å². The minimum absolute atomic E-state index is 0.208. The zero-order valence-corrected chi connectivity index (χ0v) is 12.2. The second-order valence-corrected chi connectivity index (χ2v) is 5.02. The smallest absolute Gasteiger partial charge is 0.274 e. The average molecular weight is 292 g/mol. The fourth-order valence-corrected chi connectivity index (χ4v) is 2.19. The minimum Gasteiger partial charge on any atom is -0.321 e. The number of amides is 1. The Bertz CT molecular complexity index is 781. The van der Waals surface area contributed by atoms with E-state index in [0.717, 1.165) is 16.9 Å². The molecule has 0 fully saturated rings. The van der Waals surface area contributed by atoms with Gasteiger partial charge in [-0.05, 0) is 42.8 Å². The van der Waals surface area contributed by atoms with Crippen molar-refractivity contribution < 1.29 is 4.79 Å². The summed E-state index contributed by atoms with van der Waals surface area (Å²) in [5.41, 5.74) is 3.05. The lowest BCUT2D eigenvalue weighted by Gasteiger charge is -2.08. The number of carbonyl (C=O) groups excluding carboxylic acids is 1. The molecule has 5 nitrogen and oxygen atoms in total. The van der Waals surface area contributed by atoms with Crippen LogP contribution in [0.1, 0.15) is 21.7 Å². The Kier molecular flexibility index (Phi) is 3.96. The van der Waals surface area contributed by atoms with Crippen LogP contribution in [0, 0.1) is 6.92 Å². The molecule has 1 aromatic carbocycles. The van der Waals surface area contributed by atoms with E-state index in [4.69, 9.17) is 0 Å². The standard InChI is InChI=1S/C17H16N4O/c1-13-5-2-8-16(19-13)17(22)20-15-7-3-6-14(11-15)12-21-10-4-9-18-21/h2-11H,12H2,1H3,(H,20,22). The Hall–Kier alpha value is -2.95. The molecule has 0 saturated carbocycles. The molecule has 1 N–H and O–H groups in total. The number of anilines is 1. The highest BCUT2D eigenvalue weighted by Gasteiger charge is 2.08. The second kappa shape index (κ2) is 6.22. The van der Waals surface area contributed by atoms with Crippen molar-refractivity contribution in [3.05, 3.63) is 77.9 Å². The Morgan fingerprint density at radius 1 is 1.18 bits per heavy atom. The van der Waals surface area contributed by atoms with Crippen LogP contribution in [0.15, 0.2) is 60.9 Å². The first-order chi connectivity index (χ1) is 10.7. The Morgan fingerprint density at radius 3 is 2.82 bits per heavy atom. The molecule has 22 heavy (non-hydrogen) atoms. The van der Waals surface area contributed by atoms with Gasteiger partial charge in [0.15, 0.2) is 0 Å². The van der Waals surface area contributed by atoms with Gasteiger partial charge in [0, 0.05) is 23.8 Å². The molecule has 0 spiro atoms. The van der Waals surface area contributed by atoms with E-state index in [0.29, 0.717) is 12.2 Å².